The van der Waals surface area contributed by atoms with Gasteiger partial charge in [0, 0.05) is 16.9 Å². The number of anilines is 2. The summed E-state index contributed by atoms with van der Waals surface area (Å²) in [4.78, 5) is 25.4. The molecule has 0 bridgehead atoms. The smallest absolute Gasteiger partial charge is 0.265 e. The molecule has 0 saturated heterocycles. The summed E-state index contributed by atoms with van der Waals surface area (Å²) in [5, 5.41) is 7.29. The lowest BCUT2D eigenvalue weighted by Gasteiger charge is -2.09. The fourth-order valence-electron chi connectivity index (χ4n) is 2.45. The first-order valence-electron chi connectivity index (χ1n) is 8.48. The van der Waals surface area contributed by atoms with Gasteiger partial charge in [0.05, 0.1) is 15.5 Å². The number of thiophene rings is 1. The molecule has 0 fully saturated rings. The molecule has 3 aromatic rings. The number of hydrogen-bond acceptors (Lipinski definition) is 5. The molecule has 0 unspecified atom stereocenters. The van der Waals surface area contributed by atoms with Crippen LogP contribution in [0.5, 0.6) is 0 Å². The summed E-state index contributed by atoms with van der Waals surface area (Å²) in [5.74, 6) is -0.582. The van der Waals surface area contributed by atoms with Crippen LogP contribution in [0.15, 0.2) is 70.9 Å². The Morgan fingerprint density at radius 3 is 2.25 bits per heavy atom. The summed E-state index contributed by atoms with van der Waals surface area (Å²) in [6.07, 6.45) is 0. The number of benzene rings is 2. The molecule has 144 valence electrons. The standard InChI is InChI=1S/C20H18N2O4S2/c1-2-28(25,26)17-10-8-15(9-11-17)21-19(23)14-5-3-6-16(13-14)22-20(24)18-7-4-12-27-18/h3-13H,2H2,1H3,(H,21,23)(H,22,24). The van der Waals surface area contributed by atoms with Crippen LogP contribution in [0, 0.1) is 0 Å². The van der Waals surface area contributed by atoms with Crippen molar-refractivity contribution in [2.24, 2.45) is 0 Å². The highest BCUT2D eigenvalue weighted by Gasteiger charge is 2.13. The second-order valence-corrected chi connectivity index (χ2v) is 9.12. The monoisotopic (exact) mass is 414 g/mol. The first-order chi connectivity index (χ1) is 13.4. The van der Waals surface area contributed by atoms with E-state index in [4.69, 9.17) is 0 Å². The normalized spacial score (nSPS) is 11.0. The molecule has 3 rings (SSSR count). The van der Waals surface area contributed by atoms with Crippen LogP contribution in [-0.4, -0.2) is 26.0 Å². The Labute approximate surface area is 167 Å². The predicted octanol–water partition coefficient (Wildman–Crippen LogP) is 4.05. The minimum Gasteiger partial charge on any atom is -0.322 e. The van der Waals surface area contributed by atoms with E-state index < -0.39 is 9.84 Å². The van der Waals surface area contributed by atoms with Crippen molar-refractivity contribution in [1.82, 2.24) is 0 Å². The Hall–Kier alpha value is -2.97. The van der Waals surface area contributed by atoms with Gasteiger partial charge in [-0.1, -0.05) is 19.1 Å². The number of amides is 2. The van der Waals surface area contributed by atoms with Gasteiger partial charge in [0.2, 0.25) is 0 Å². The number of carbonyl (C=O) groups is 2. The predicted molar refractivity (Wildman–Crippen MR) is 111 cm³/mol. The summed E-state index contributed by atoms with van der Waals surface area (Å²) in [7, 11) is -3.28. The van der Waals surface area contributed by atoms with Crippen molar-refractivity contribution in [3.05, 3.63) is 76.5 Å². The zero-order chi connectivity index (χ0) is 20.1. The van der Waals surface area contributed by atoms with Crippen LogP contribution in [0.4, 0.5) is 11.4 Å². The molecule has 0 aliphatic rings. The molecule has 0 atom stereocenters. The lowest BCUT2D eigenvalue weighted by molar-refractivity contribution is 0.101. The zero-order valence-corrected chi connectivity index (χ0v) is 16.6. The molecule has 0 spiro atoms. The van der Waals surface area contributed by atoms with E-state index >= 15 is 0 Å². The van der Waals surface area contributed by atoms with Gasteiger partial charge in [-0.15, -0.1) is 11.3 Å². The largest absolute Gasteiger partial charge is 0.322 e. The molecule has 1 heterocycles. The topological polar surface area (TPSA) is 92.3 Å². The maximum Gasteiger partial charge on any atom is 0.265 e. The van der Waals surface area contributed by atoms with E-state index in [2.05, 4.69) is 10.6 Å². The molecule has 2 aromatic carbocycles. The average molecular weight is 415 g/mol. The minimum absolute atomic E-state index is 0.0166. The van der Waals surface area contributed by atoms with Crippen LogP contribution in [0.3, 0.4) is 0 Å². The Kier molecular flexibility index (Phi) is 5.91. The van der Waals surface area contributed by atoms with Gasteiger partial charge < -0.3 is 10.6 Å². The van der Waals surface area contributed by atoms with E-state index in [1.807, 2.05) is 5.38 Å². The molecule has 0 radical (unpaired) electrons. The van der Waals surface area contributed by atoms with Crippen molar-refractivity contribution >= 4 is 44.4 Å². The molecule has 8 heteroatoms. The molecule has 0 aliphatic carbocycles. The highest BCUT2D eigenvalue weighted by atomic mass is 32.2. The maximum atomic E-state index is 12.5. The molecule has 2 amide bonds. The van der Waals surface area contributed by atoms with Crippen LogP contribution in [0.1, 0.15) is 27.0 Å². The second kappa shape index (κ2) is 8.37. The maximum absolute atomic E-state index is 12.5. The van der Waals surface area contributed by atoms with Gasteiger partial charge in [-0.25, -0.2) is 8.42 Å². The van der Waals surface area contributed by atoms with Crippen LogP contribution >= 0.6 is 11.3 Å². The quantitative estimate of drug-likeness (QED) is 0.637. The summed E-state index contributed by atoms with van der Waals surface area (Å²) >= 11 is 1.33. The summed E-state index contributed by atoms with van der Waals surface area (Å²) in [6.45, 7) is 1.58. The van der Waals surface area contributed by atoms with E-state index in [1.54, 1.807) is 55.5 Å². The molecule has 28 heavy (non-hydrogen) atoms. The number of hydrogen-bond donors (Lipinski definition) is 2. The van der Waals surface area contributed by atoms with Crippen LogP contribution in [0.2, 0.25) is 0 Å². The number of sulfone groups is 1. The average Bonchev–Trinajstić information content (AvgIpc) is 3.23. The molecule has 6 nitrogen and oxygen atoms in total. The van der Waals surface area contributed by atoms with E-state index in [9.17, 15) is 18.0 Å². The Morgan fingerprint density at radius 1 is 0.893 bits per heavy atom. The van der Waals surface area contributed by atoms with E-state index in [1.165, 1.54) is 23.5 Å². The SMILES string of the molecule is CCS(=O)(=O)c1ccc(NC(=O)c2cccc(NC(=O)c3cccs3)c2)cc1. The fourth-order valence-corrected chi connectivity index (χ4v) is 3.96. The minimum atomic E-state index is -3.28. The molecule has 0 saturated carbocycles. The van der Waals surface area contributed by atoms with Gasteiger partial charge >= 0.3 is 0 Å². The third-order valence-corrected chi connectivity index (χ3v) is 6.60. The van der Waals surface area contributed by atoms with Gasteiger partial charge in [-0.3, -0.25) is 9.59 Å². The van der Waals surface area contributed by atoms with Crippen molar-refractivity contribution in [3.8, 4) is 0 Å². The summed E-state index contributed by atoms with van der Waals surface area (Å²) < 4.78 is 23.7. The van der Waals surface area contributed by atoms with Gasteiger partial charge in [-0.2, -0.15) is 0 Å². The Bertz CT molecular complexity index is 1090. The van der Waals surface area contributed by atoms with Crippen molar-refractivity contribution in [1.29, 1.82) is 0 Å². The van der Waals surface area contributed by atoms with Gasteiger partial charge in [0.25, 0.3) is 11.8 Å². The van der Waals surface area contributed by atoms with Crippen LogP contribution in [-0.2, 0) is 9.84 Å². The van der Waals surface area contributed by atoms with Crippen LogP contribution in [0.25, 0.3) is 0 Å². The third kappa shape index (κ3) is 4.65. The second-order valence-electron chi connectivity index (χ2n) is 5.89. The molecular weight excluding hydrogens is 396 g/mol. The van der Waals surface area contributed by atoms with Gasteiger partial charge in [0.1, 0.15) is 0 Å². The van der Waals surface area contributed by atoms with Crippen molar-refractivity contribution < 1.29 is 18.0 Å². The zero-order valence-electron chi connectivity index (χ0n) is 15.0. The van der Waals surface area contributed by atoms with Crippen molar-refractivity contribution in [2.75, 3.05) is 16.4 Å². The summed E-state index contributed by atoms with van der Waals surface area (Å²) in [5.41, 5.74) is 1.36. The molecular formula is C20H18N2O4S2. The molecule has 2 N–H and O–H groups in total. The van der Waals surface area contributed by atoms with Gasteiger partial charge in [0.15, 0.2) is 9.84 Å². The third-order valence-electron chi connectivity index (χ3n) is 3.98. The van der Waals surface area contributed by atoms with Gasteiger partial charge in [-0.05, 0) is 53.9 Å². The lowest BCUT2D eigenvalue weighted by Crippen LogP contribution is -2.14. The molecule has 1 aromatic heterocycles. The van der Waals surface area contributed by atoms with Crippen molar-refractivity contribution in [3.63, 3.8) is 0 Å². The Balaban J connectivity index is 1.70. The number of rotatable bonds is 6. The van der Waals surface area contributed by atoms with E-state index in [-0.39, 0.29) is 22.5 Å². The summed E-state index contributed by atoms with van der Waals surface area (Å²) in [6, 6.07) is 16.1. The number of carbonyl (C=O) groups excluding carboxylic acids is 2. The van der Waals surface area contributed by atoms with E-state index in [0.717, 1.165) is 0 Å². The fraction of sp³-hybridized carbons (Fsp3) is 0.100. The first-order valence-corrected chi connectivity index (χ1v) is 11.0. The highest BCUT2D eigenvalue weighted by molar-refractivity contribution is 7.91. The highest BCUT2D eigenvalue weighted by Crippen LogP contribution is 2.18. The lowest BCUT2D eigenvalue weighted by atomic mass is 10.1. The molecule has 0 aliphatic heterocycles. The first kappa shape index (κ1) is 19.8. The van der Waals surface area contributed by atoms with Crippen LogP contribution < -0.4 is 10.6 Å². The van der Waals surface area contributed by atoms with Crippen molar-refractivity contribution in [2.45, 2.75) is 11.8 Å². The number of nitrogens with one attached hydrogen (secondary N) is 2. The Morgan fingerprint density at radius 2 is 1.61 bits per heavy atom. The van der Waals surface area contributed by atoms with E-state index in [0.29, 0.717) is 21.8 Å².